The maximum absolute atomic E-state index is 4.75. The predicted molar refractivity (Wildman–Crippen MR) is 92.5 cm³/mol. The number of hydrogen-bond acceptors (Lipinski definition) is 3. The molecule has 0 N–H and O–H groups in total. The smallest absolute Gasteiger partial charge is 0.124 e. The number of rotatable bonds is 3. The van der Waals surface area contributed by atoms with Gasteiger partial charge in [0.1, 0.15) is 5.01 Å². The molecule has 100 valence electrons. The molecule has 1 aromatic heterocycles. The first kappa shape index (κ1) is 13.9. The van der Waals surface area contributed by atoms with Gasteiger partial charge in [0.15, 0.2) is 0 Å². The molecule has 0 aliphatic heterocycles. The number of benzene rings is 2. The molecule has 1 nitrogen and oxygen atoms in total. The SMILES string of the molecule is CSc1ccc(-c2nc(-c3ccccc3Br)cs2)cc1. The molecule has 0 fully saturated rings. The van der Waals surface area contributed by atoms with Crippen molar-refractivity contribution >= 4 is 39.0 Å². The van der Waals surface area contributed by atoms with Crippen LogP contribution in [0.25, 0.3) is 21.8 Å². The number of halogens is 1. The van der Waals surface area contributed by atoms with Gasteiger partial charge in [0.2, 0.25) is 0 Å². The van der Waals surface area contributed by atoms with Crippen LogP contribution in [0.2, 0.25) is 0 Å². The lowest BCUT2D eigenvalue weighted by molar-refractivity contribution is 1.38. The van der Waals surface area contributed by atoms with Crippen LogP contribution in [0.5, 0.6) is 0 Å². The second kappa shape index (κ2) is 6.12. The van der Waals surface area contributed by atoms with Crippen molar-refractivity contribution in [2.45, 2.75) is 4.90 Å². The molecule has 0 amide bonds. The molecule has 3 aromatic rings. The van der Waals surface area contributed by atoms with E-state index in [1.807, 2.05) is 18.2 Å². The van der Waals surface area contributed by atoms with Crippen LogP contribution in [0.1, 0.15) is 0 Å². The van der Waals surface area contributed by atoms with E-state index in [9.17, 15) is 0 Å². The fourth-order valence-corrected chi connectivity index (χ4v) is 3.65. The van der Waals surface area contributed by atoms with Gasteiger partial charge in [0.05, 0.1) is 5.69 Å². The molecule has 0 saturated carbocycles. The third-order valence-corrected chi connectivity index (χ3v) is 5.32. The second-order valence-electron chi connectivity index (χ2n) is 4.25. The quantitative estimate of drug-likeness (QED) is 0.533. The molecule has 0 bridgehead atoms. The van der Waals surface area contributed by atoms with Crippen molar-refractivity contribution in [2.24, 2.45) is 0 Å². The normalized spacial score (nSPS) is 10.7. The van der Waals surface area contributed by atoms with E-state index >= 15 is 0 Å². The van der Waals surface area contributed by atoms with Crippen molar-refractivity contribution in [3.05, 3.63) is 58.4 Å². The van der Waals surface area contributed by atoms with Crippen molar-refractivity contribution in [1.29, 1.82) is 0 Å². The molecule has 3 rings (SSSR count). The largest absolute Gasteiger partial charge is 0.236 e. The minimum atomic E-state index is 1.02. The number of nitrogens with zero attached hydrogens (tertiary/aromatic N) is 1. The van der Waals surface area contributed by atoms with Crippen molar-refractivity contribution in [3.63, 3.8) is 0 Å². The minimum absolute atomic E-state index is 1.02. The van der Waals surface area contributed by atoms with Gasteiger partial charge in [-0.2, -0.15) is 0 Å². The van der Waals surface area contributed by atoms with E-state index in [1.54, 1.807) is 23.1 Å². The van der Waals surface area contributed by atoms with E-state index in [0.717, 1.165) is 20.7 Å². The molecule has 20 heavy (non-hydrogen) atoms. The fraction of sp³-hybridized carbons (Fsp3) is 0.0625. The summed E-state index contributed by atoms with van der Waals surface area (Å²) >= 11 is 7.01. The van der Waals surface area contributed by atoms with Crippen LogP contribution in [0.3, 0.4) is 0 Å². The standard InChI is InChI=1S/C16H12BrNS2/c1-19-12-8-6-11(7-9-12)16-18-15(10-20-16)13-4-2-3-5-14(13)17/h2-10H,1H3. The van der Waals surface area contributed by atoms with Crippen LogP contribution in [0, 0.1) is 0 Å². The Labute approximate surface area is 135 Å². The fourth-order valence-electron chi connectivity index (χ4n) is 1.93. The van der Waals surface area contributed by atoms with Gasteiger partial charge < -0.3 is 0 Å². The van der Waals surface area contributed by atoms with Crippen LogP contribution in [-0.4, -0.2) is 11.2 Å². The van der Waals surface area contributed by atoms with Gasteiger partial charge in [-0.3, -0.25) is 0 Å². The first-order chi connectivity index (χ1) is 9.78. The van der Waals surface area contributed by atoms with Gasteiger partial charge in [-0.1, -0.05) is 46.3 Å². The third-order valence-electron chi connectivity index (χ3n) is 2.99. The average molecular weight is 362 g/mol. The van der Waals surface area contributed by atoms with Gasteiger partial charge in [-0.15, -0.1) is 23.1 Å². The molecular weight excluding hydrogens is 350 g/mol. The van der Waals surface area contributed by atoms with Crippen LogP contribution in [-0.2, 0) is 0 Å². The lowest BCUT2D eigenvalue weighted by atomic mass is 10.2. The molecule has 4 heteroatoms. The molecule has 0 aliphatic carbocycles. The Hall–Kier alpha value is -1.10. The second-order valence-corrected chi connectivity index (χ2v) is 6.84. The highest BCUT2D eigenvalue weighted by Gasteiger charge is 2.08. The van der Waals surface area contributed by atoms with Crippen LogP contribution in [0.15, 0.2) is 63.3 Å². The van der Waals surface area contributed by atoms with E-state index in [2.05, 4.69) is 57.9 Å². The lowest BCUT2D eigenvalue weighted by Crippen LogP contribution is -1.81. The van der Waals surface area contributed by atoms with Gasteiger partial charge in [0, 0.05) is 25.9 Å². The lowest BCUT2D eigenvalue weighted by Gasteiger charge is -2.00. The third kappa shape index (κ3) is 2.82. The summed E-state index contributed by atoms with van der Waals surface area (Å²) in [5.74, 6) is 0. The first-order valence-corrected chi connectivity index (χ1v) is 9.02. The van der Waals surface area contributed by atoms with E-state index < -0.39 is 0 Å². The van der Waals surface area contributed by atoms with E-state index in [-0.39, 0.29) is 0 Å². The molecule has 0 atom stereocenters. The summed E-state index contributed by atoms with van der Waals surface area (Å²) in [6.45, 7) is 0. The van der Waals surface area contributed by atoms with Gasteiger partial charge in [0.25, 0.3) is 0 Å². The van der Waals surface area contributed by atoms with Crippen molar-refractivity contribution in [3.8, 4) is 21.8 Å². The molecule has 0 unspecified atom stereocenters. The molecule has 0 spiro atoms. The average Bonchev–Trinajstić information content (AvgIpc) is 2.97. The zero-order chi connectivity index (χ0) is 13.9. The summed E-state index contributed by atoms with van der Waals surface area (Å²) in [5, 5.41) is 3.17. The van der Waals surface area contributed by atoms with Crippen LogP contribution >= 0.6 is 39.0 Å². The van der Waals surface area contributed by atoms with Crippen LogP contribution in [0.4, 0.5) is 0 Å². The van der Waals surface area contributed by atoms with Crippen molar-refractivity contribution in [1.82, 2.24) is 4.98 Å². The topological polar surface area (TPSA) is 12.9 Å². The van der Waals surface area contributed by atoms with Gasteiger partial charge >= 0.3 is 0 Å². The Balaban J connectivity index is 1.95. The van der Waals surface area contributed by atoms with Crippen molar-refractivity contribution < 1.29 is 0 Å². The molecule has 0 aliphatic rings. The Bertz CT molecular complexity index is 719. The molecule has 0 radical (unpaired) electrons. The molecule has 1 heterocycles. The highest BCUT2D eigenvalue weighted by molar-refractivity contribution is 9.10. The number of hydrogen-bond donors (Lipinski definition) is 0. The first-order valence-electron chi connectivity index (χ1n) is 6.13. The summed E-state index contributed by atoms with van der Waals surface area (Å²) in [4.78, 5) is 6.02. The minimum Gasteiger partial charge on any atom is -0.236 e. The Morgan fingerprint density at radius 3 is 2.50 bits per heavy atom. The number of aromatic nitrogens is 1. The summed E-state index contributed by atoms with van der Waals surface area (Å²) in [7, 11) is 0. The maximum Gasteiger partial charge on any atom is 0.124 e. The highest BCUT2D eigenvalue weighted by atomic mass is 79.9. The number of thiazole rings is 1. The van der Waals surface area contributed by atoms with Gasteiger partial charge in [-0.05, 0) is 24.5 Å². The summed E-state index contributed by atoms with van der Waals surface area (Å²) < 4.78 is 1.08. The molecule has 2 aromatic carbocycles. The highest BCUT2D eigenvalue weighted by Crippen LogP contribution is 2.33. The van der Waals surface area contributed by atoms with Gasteiger partial charge in [-0.25, -0.2) is 4.98 Å². The predicted octanol–water partition coefficient (Wildman–Crippen LogP) is 5.96. The van der Waals surface area contributed by atoms with E-state index in [0.29, 0.717) is 0 Å². The summed E-state index contributed by atoms with van der Waals surface area (Å²) in [6.07, 6.45) is 2.09. The Morgan fingerprint density at radius 1 is 1.05 bits per heavy atom. The number of thioether (sulfide) groups is 1. The van der Waals surface area contributed by atoms with Crippen molar-refractivity contribution in [2.75, 3.05) is 6.26 Å². The van der Waals surface area contributed by atoms with E-state index in [4.69, 9.17) is 4.98 Å². The zero-order valence-electron chi connectivity index (χ0n) is 10.8. The van der Waals surface area contributed by atoms with Crippen LogP contribution < -0.4 is 0 Å². The Kier molecular flexibility index (Phi) is 4.24. The maximum atomic E-state index is 4.75. The zero-order valence-corrected chi connectivity index (χ0v) is 14.1. The molecule has 0 saturated heterocycles. The summed E-state index contributed by atoms with van der Waals surface area (Å²) in [6, 6.07) is 16.7. The Morgan fingerprint density at radius 2 is 1.80 bits per heavy atom. The summed E-state index contributed by atoms with van der Waals surface area (Å²) in [5.41, 5.74) is 3.33. The van der Waals surface area contributed by atoms with E-state index in [1.165, 1.54) is 10.5 Å². The monoisotopic (exact) mass is 361 g/mol. The molecular formula is C16H12BrNS2.